The highest BCUT2D eigenvalue weighted by Crippen LogP contribution is 2.29. The van der Waals surface area contributed by atoms with E-state index in [-0.39, 0.29) is 17.9 Å². The largest absolute Gasteiger partial charge is 0.342 e. The van der Waals surface area contributed by atoms with E-state index in [4.69, 9.17) is 23.2 Å². The summed E-state index contributed by atoms with van der Waals surface area (Å²) in [6.07, 6.45) is 1.80. The van der Waals surface area contributed by atoms with Gasteiger partial charge < -0.3 is 9.88 Å². The fourth-order valence-electron chi connectivity index (χ4n) is 3.17. The fourth-order valence-corrected chi connectivity index (χ4v) is 4.39. The van der Waals surface area contributed by atoms with E-state index in [0.717, 1.165) is 16.3 Å². The fraction of sp³-hybridized carbons (Fsp3) is 0.292. The number of benzene rings is 2. The molecule has 0 radical (unpaired) electrons. The van der Waals surface area contributed by atoms with E-state index in [2.05, 4.69) is 35.9 Å². The van der Waals surface area contributed by atoms with Gasteiger partial charge in [0.15, 0.2) is 11.0 Å². The predicted octanol–water partition coefficient (Wildman–Crippen LogP) is 6.50. The molecule has 1 aromatic heterocycles. The lowest BCUT2D eigenvalue weighted by atomic mass is 10.0. The van der Waals surface area contributed by atoms with E-state index in [9.17, 15) is 4.79 Å². The average Bonchev–Trinajstić information content (AvgIpc) is 3.15. The van der Waals surface area contributed by atoms with Crippen LogP contribution in [0.5, 0.6) is 0 Å². The summed E-state index contributed by atoms with van der Waals surface area (Å²) in [5.41, 5.74) is 2.76. The van der Waals surface area contributed by atoms with Crippen molar-refractivity contribution in [3.63, 3.8) is 0 Å². The van der Waals surface area contributed by atoms with Crippen LogP contribution in [0.2, 0.25) is 10.0 Å². The number of nitrogens with zero attached hydrogens (tertiary/aromatic N) is 3. The van der Waals surface area contributed by atoms with Gasteiger partial charge in [-0.2, -0.15) is 0 Å². The molecular weight excluding hydrogens is 463 g/mol. The van der Waals surface area contributed by atoms with Crippen LogP contribution in [-0.2, 0) is 12.3 Å². The van der Waals surface area contributed by atoms with E-state index in [1.807, 2.05) is 47.9 Å². The van der Waals surface area contributed by atoms with Gasteiger partial charge in [0.05, 0.1) is 16.1 Å². The number of hydrogen-bond donors (Lipinski definition) is 1. The first-order chi connectivity index (χ1) is 15.3. The Kier molecular flexibility index (Phi) is 8.40. The molecule has 1 amide bonds. The first-order valence-electron chi connectivity index (χ1n) is 10.3. The van der Waals surface area contributed by atoms with Gasteiger partial charge in [-0.15, -0.1) is 16.8 Å². The molecule has 0 aliphatic carbocycles. The van der Waals surface area contributed by atoms with Crippen LogP contribution in [0.1, 0.15) is 47.2 Å². The minimum atomic E-state index is -0.296. The second kappa shape index (κ2) is 11.0. The smallest absolute Gasteiger partial charge is 0.251 e. The Bertz CT molecular complexity index is 1100. The molecule has 0 aliphatic rings. The molecule has 1 N–H and O–H groups in total. The summed E-state index contributed by atoms with van der Waals surface area (Å²) in [5.74, 6) is 1.35. The number of amides is 1. The Morgan fingerprint density at radius 1 is 1.16 bits per heavy atom. The molecular formula is C24H26Cl2N4OS. The summed E-state index contributed by atoms with van der Waals surface area (Å²) < 4.78 is 2.00. The minimum Gasteiger partial charge on any atom is -0.342 e. The zero-order chi connectivity index (χ0) is 23.3. The molecule has 0 saturated carbocycles. The second-order valence-electron chi connectivity index (χ2n) is 7.84. The number of rotatable bonds is 9. The van der Waals surface area contributed by atoms with Crippen LogP contribution in [0.15, 0.2) is 60.3 Å². The average molecular weight is 489 g/mol. The molecule has 8 heteroatoms. The van der Waals surface area contributed by atoms with Crippen molar-refractivity contribution >= 4 is 40.9 Å². The molecule has 3 aromatic rings. The number of aromatic nitrogens is 3. The Balaban J connectivity index is 1.82. The van der Waals surface area contributed by atoms with Gasteiger partial charge in [-0.1, -0.05) is 78.6 Å². The maximum Gasteiger partial charge on any atom is 0.251 e. The minimum absolute atomic E-state index is 0.116. The van der Waals surface area contributed by atoms with E-state index in [0.29, 0.717) is 33.7 Å². The lowest BCUT2D eigenvalue weighted by Gasteiger charge is -2.22. The first-order valence-corrected chi connectivity index (χ1v) is 12.0. The molecule has 1 heterocycles. The number of carbonyl (C=O) groups is 1. The van der Waals surface area contributed by atoms with Gasteiger partial charge in [-0.05, 0) is 42.7 Å². The highest BCUT2D eigenvalue weighted by Gasteiger charge is 2.26. The van der Waals surface area contributed by atoms with E-state index >= 15 is 0 Å². The quantitative estimate of drug-likeness (QED) is 0.275. The number of carbonyl (C=O) groups excluding carboxylic acids is 1. The Morgan fingerprint density at radius 3 is 2.50 bits per heavy atom. The van der Waals surface area contributed by atoms with E-state index in [1.54, 1.807) is 23.9 Å². The summed E-state index contributed by atoms with van der Waals surface area (Å²) >= 11 is 13.7. The molecule has 0 unspecified atom stereocenters. The summed E-state index contributed by atoms with van der Waals surface area (Å²) in [4.78, 5) is 12.9. The normalized spacial score (nSPS) is 12.1. The Hall–Kier alpha value is -2.28. The molecule has 0 bridgehead atoms. The van der Waals surface area contributed by atoms with Gasteiger partial charge in [0, 0.05) is 17.9 Å². The van der Waals surface area contributed by atoms with Crippen LogP contribution in [-0.4, -0.2) is 20.7 Å². The zero-order valence-electron chi connectivity index (χ0n) is 18.3. The lowest BCUT2D eigenvalue weighted by molar-refractivity contribution is 0.0922. The molecule has 32 heavy (non-hydrogen) atoms. The van der Waals surface area contributed by atoms with Crippen molar-refractivity contribution in [1.82, 2.24) is 20.1 Å². The number of aryl methyl sites for hydroxylation is 1. The van der Waals surface area contributed by atoms with Crippen LogP contribution < -0.4 is 5.32 Å². The van der Waals surface area contributed by atoms with Crippen molar-refractivity contribution < 1.29 is 4.79 Å². The number of thioether (sulfide) groups is 1. The summed E-state index contributed by atoms with van der Waals surface area (Å²) in [7, 11) is 0. The predicted molar refractivity (Wildman–Crippen MR) is 132 cm³/mol. The topological polar surface area (TPSA) is 59.8 Å². The molecule has 168 valence electrons. The monoisotopic (exact) mass is 488 g/mol. The van der Waals surface area contributed by atoms with Crippen molar-refractivity contribution in [2.75, 3.05) is 0 Å². The summed E-state index contributed by atoms with van der Waals surface area (Å²) in [6.45, 7) is 10.5. The maximum absolute atomic E-state index is 12.9. The maximum atomic E-state index is 12.9. The van der Waals surface area contributed by atoms with Crippen molar-refractivity contribution in [2.45, 2.75) is 44.3 Å². The van der Waals surface area contributed by atoms with Crippen LogP contribution in [0.25, 0.3) is 0 Å². The summed E-state index contributed by atoms with van der Waals surface area (Å²) in [5, 5.41) is 13.8. The second-order valence-corrected chi connectivity index (χ2v) is 9.60. The number of allylic oxidation sites excluding steroid dienone is 1. The van der Waals surface area contributed by atoms with Gasteiger partial charge in [0.25, 0.3) is 5.91 Å². The Morgan fingerprint density at radius 2 is 1.88 bits per heavy atom. The van der Waals surface area contributed by atoms with Crippen LogP contribution in [0.4, 0.5) is 0 Å². The lowest BCUT2D eigenvalue weighted by Crippen LogP contribution is -2.33. The van der Waals surface area contributed by atoms with Gasteiger partial charge in [-0.25, -0.2) is 0 Å². The zero-order valence-corrected chi connectivity index (χ0v) is 20.6. The van der Waals surface area contributed by atoms with Crippen molar-refractivity contribution in [3.8, 4) is 0 Å². The van der Waals surface area contributed by atoms with E-state index in [1.165, 1.54) is 0 Å². The first kappa shape index (κ1) is 24.4. The third kappa shape index (κ3) is 5.94. The molecule has 0 spiro atoms. The third-order valence-electron chi connectivity index (χ3n) is 4.95. The van der Waals surface area contributed by atoms with Crippen molar-refractivity contribution in [3.05, 3.63) is 87.7 Å². The van der Waals surface area contributed by atoms with Gasteiger partial charge in [0.1, 0.15) is 0 Å². The van der Waals surface area contributed by atoms with Crippen LogP contribution in [0, 0.1) is 12.8 Å². The van der Waals surface area contributed by atoms with Gasteiger partial charge in [0.2, 0.25) is 0 Å². The van der Waals surface area contributed by atoms with Crippen molar-refractivity contribution in [2.24, 2.45) is 5.92 Å². The SMILES string of the molecule is C=CCn1c(SCc2ccc(Cl)c(Cl)c2)nnc1[C@H](NC(=O)c1ccc(C)cc1)C(C)C. The molecule has 3 rings (SSSR count). The highest BCUT2D eigenvalue weighted by atomic mass is 35.5. The molecule has 2 aromatic carbocycles. The molecule has 5 nitrogen and oxygen atoms in total. The molecule has 1 atom stereocenters. The van der Waals surface area contributed by atoms with Crippen LogP contribution >= 0.6 is 35.0 Å². The molecule has 0 saturated heterocycles. The third-order valence-corrected chi connectivity index (χ3v) is 6.73. The molecule has 0 fully saturated rings. The number of nitrogens with one attached hydrogen (secondary N) is 1. The van der Waals surface area contributed by atoms with Crippen molar-refractivity contribution in [1.29, 1.82) is 0 Å². The highest BCUT2D eigenvalue weighted by molar-refractivity contribution is 7.98. The van der Waals surface area contributed by atoms with Gasteiger partial charge >= 0.3 is 0 Å². The Labute approximate surface area is 203 Å². The number of hydrogen-bond acceptors (Lipinski definition) is 4. The van der Waals surface area contributed by atoms with Gasteiger partial charge in [-0.3, -0.25) is 4.79 Å². The standard InChI is InChI=1S/C24H26Cl2N4OS/c1-5-12-30-22(21(15(2)3)27-23(31)18-9-6-16(4)7-10-18)28-29-24(30)32-14-17-8-11-19(25)20(26)13-17/h5-11,13,15,21H,1,12,14H2,2-4H3,(H,27,31)/t21-/m1/s1. The molecule has 0 aliphatic heterocycles. The van der Waals surface area contributed by atoms with Crippen LogP contribution in [0.3, 0.4) is 0 Å². The van der Waals surface area contributed by atoms with E-state index < -0.39 is 0 Å². The summed E-state index contributed by atoms with van der Waals surface area (Å²) in [6, 6.07) is 12.8. The number of halogens is 2.